The first-order chi connectivity index (χ1) is 28.1. The predicted molar refractivity (Wildman–Crippen MR) is 217 cm³/mol. The molecule has 0 unspecified atom stereocenters. The van der Waals surface area contributed by atoms with Crippen molar-refractivity contribution in [2.75, 3.05) is 0 Å². The van der Waals surface area contributed by atoms with E-state index in [2.05, 4.69) is 9.13 Å². The van der Waals surface area contributed by atoms with Crippen LogP contribution in [0.5, 0.6) is 0 Å². The van der Waals surface area contributed by atoms with E-state index in [1.54, 1.807) is 34.4 Å². The number of nitrogens with zero attached hydrogens (tertiary/aromatic N) is 4. The quantitative estimate of drug-likeness (QED) is 0.125. The monoisotopic (exact) mass is 795 g/mol. The maximum absolute atomic E-state index is 15.6. The van der Waals surface area contributed by atoms with Crippen molar-refractivity contribution in [3.63, 3.8) is 0 Å². The van der Waals surface area contributed by atoms with Crippen LogP contribution in [0.3, 0.4) is 0 Å². The van der Waals surface area contributed by atoms with Gasteiger partial charge in [-0.1, -0.05) is 72.8 Å². The number of aromatic nitrogens is 4. The van der Waals surface area contributed by atoms with Crippen LogP contribution in [0.2, 0.25) is 0 Å². The average molecular weight is 796 g/mol. The molecule has 0 aliphatic carbocycles. The molecule has 58 heavy (non-hydrogen) atoms. The summed E-state index contributed by atoms with van der Waals surface area (Å²) in [6.07, 6.45) is -8.60. The van der Waals surface area contributed by atoms with Gasteiger partial charge >= 0.3 is 12.4 Å². The highest BCUT2D eigenvalue weighted by atomic mass is 32.3. The number of halogens is 6. The van der Waals surface area contributed by atoms with Crippen molar-refractivity contribution >= 4 is 54.0 Å². The van der Waals surface area contributed by atoms with Gasteiger partial charge in [0.05, 0.1) is 37.4 Å². The number of benzene rings is 6. The predicted octanol–water partition coefficient (Wildman–Crippen LogP) is 13.1. The van der Waals surface area contributed by atoms with Gasteiger partial charge in [0, 0.05) is 45.1 Å². The highest BCUT2D eigenvalue weighted by molar-refractivity contribution is 8.27. The van der Waals surface area contributed by atoms with Gasteiger partial charge in [0.1, 0.15) is 21.8 Å². The van der Waals surface area contributed by atoms with E-state index in [1.165, 1.54) is 6.07 Å². The molecule has 0 fully saturated rings. The minimum atomic E-state index is -5.14. The molecule has 0 saturated heterocycles. The average Bonchev–Trinajstić information content (AvgIpc) is 3.97. The molecule has 0 saturated carbocycles. The molecule has 0 radical (unpaired) electrons. The fraction of sp³-hybridized carbons (Fsp3) is 0.0426. The van der Waals surface area contributed by atoms with Gasteiger partial charge in [-0.25, -0.2) is 3.97 Å². The van der Waals surface area contributed by atoms with Crippen LogP contribution in [0.15, 0.2) is 186 Å². The highest BCUT2D eigenvalue weighted by Crippen LogP contribution is 2.68. The van der Waals surface area contributed by atoms with Gasteiger partial charge in [0.2, 0.25) is 5.69 Å². The van der Waals surface area contributed by atoms with Crippen LogP contribution in [0, 0.1) is 0 Å². The molecule has 5 heterocycles. The Labute approximate surface area is 328 Å². The lowest BCUT2D eigenvalue weighted by Crippen LogP contribution is -2.40. The van der Waals surface area contributed by atoms with Crippen molar-refractivity contribution in [3.05, 3.63) is 187 Å². The first kappa shape index (κ1) is 34.5. The molecule has 0 N–H and O–H groups in total. The van der Waals surface area contributed by atoms with Gasteiger partial charge in [-0.15, -0.1) is 3.97 Å². The van der Waals surface area contributed by atoms with Crippen molar-refractivity contribution in [1.29, 1.82) is 0 Å². The van der Waals surface area contributed by atoms with E-state index < -0.39 is 39.7 Å². The van der Waals surface area contributed by atoms with Crippen molar-refractivity contribution in [2.45, 2.75) is 22.1 Å². The first-order valence-electron chi connectivity index (χ1n) is 18.5. The summed E-state index contributed by atoms with van der Waals surface area (Å²) in [5.41, 5.74) is 1.99. The summed E-state index contributed by atoms with van der Waals surface area (Å²) in [4.78, 5) is 0.876. The van der Waals surface area contributed by atoms with Gasteiger partial charge in [-0.3, -0.25) is 0 Å². The van der Waals surface area contributed by atoms with Crippen LogP contribution in [0.1, 0.15) is 11.3 Å². The standard InChI is InChI=1S/C47H29F6N4S/c48-46(49,50)38-29-44(47(51,52)53)57-45(38)43-21-11-12-26-54(43)58(57,32-22-24-41-36(27-32)34-17-7-9-19-39(34)55(41)30-13-3-1-4-14-30)33-23-25-42-37(28-33)35-18-8-10-20-40(35)56(42)31-15-5-2-6-16-31/h1-29H/q+1. The summed E-state index contributed by atoms with van der Waals surface area (Å²) in [6, 6.07) is 51.2. The smallest absolute Gasteiger partial charge is 0.309 e. The molecule has 0 amide bonds. The zero-order chi connectivity index (χ0) is 39.6. The third-order valence-corrected chi connectivity index (χ3v) is 14.8. The Morgan fingerprint density at radius 3 is 1.40 bits per heavy atom. The topological polar surface area (TPSA) is 18.7 Å². The van der Waals surface area contributed by atoms with Crippen LogP contribution in [-0.2, 0) is 12.4 Å². The molecular weight excluding hydrogens is 767 g/mol. The summed E-state index contributed by atoms with van der Waals surface area (Å²) >= 11 is 0. The molecule has 10 aromatic rings. The lowest BCUT2D eigenvalue weighted by atomic mass is 10.1. The Morgan fingerprint density at radius 1 is 0.431 bits per heavy atom. The third-order valence-electron chi connectivity index (χ3n) is 11.1. The van der Waals surface area contributed by atoms with Crippen LogP contribution < -0.4 is 3.97 Å². The van der Waals surface area contributed by atoms with E-state index in [0.29, 0.717) is 9.79 Å². The number of hydrogen-bond acceptors (Lipinski definition) is 0. The summed E-state index contributed by atoms with van der Waals surface area (Å²) in [5, 5.41) is 3.23. The lowest BCUT2D eigenvalue weighted by Gasteiger charge is -2.34. The number of hydrogen-bond donors (Lipinski definition) is 0. The van der Waals surface area contributed by atoms with Crippen LogP contribution in [-0.4, -0.2) is 13.1 Å². The maximum atomic E-state index is 15.6. The fourth-order valence-corrected chi connectivity index (χ4v) is 12.9. The summed E-state index contributed by atoms with van der Waals surface area (Å²) < 4.78 is 98.8. The molecule has 284 valence electrons. The highest BCUT2D eigenvalue weighted by Gasteiger charge is 2.58. The van der Waals surface area contributed by atoms with Crippen LogP contribution in [0.25, 0.3) is 66.4 Å². The lowest BCUT2D eigenvalue weighted by molar-refractivity contribution is -0.490. The number of para-hydroxylation sites is 4. The minimum Gasteiger partial charge on any atom is -0.309 e. The third kappa shape index (κ3) is 4.70. The van der Waals surface area contributed by atoms with E-state index in [4.69, 9.17) is 0 Å². The second-order valence-corrected chi connectivity index (χ2v) is 17.1. The molecule has 11 rings (SSSR count). The Balaban J connectivity index is 1.31. The zero-order valence-corrected chi connectivity index (χ0v) is 31.0. The maximum Gasteiger partial charge on any atom is 0.432 e. The summed E-state index contributed by atoms with van der Waals surface area (Å²) in [5.74, 6) is 0. The first-order valence-corrected chi connectivity index (χ1v) is 20.0. The molecule has 11 heteroatoms. The van der Waals surface area contributed by atoms with Crippen molar-refractivity contribution in [2.24, 2.45) is 0 Å². The molecule has 0 spiro atoms. The van der Waals surface area contributed by atoms with Gasteiger partial charge in [0.25, 0.3) is 0 Å². The molecule has 6 aromatic carbocycles. The van der Waals surface area contributed by atoms with E-state index in [9.17, 15) is 0 Å². The number of rotatable bonds is 4. The Bertz CT molecular complexity index is 3110. The van der Waals surface area contributed by atoms with E-state index >= 15 is 26.3 Å². The minimum absolute atomic E-state index is 0.0407. The summed E-state index contributed by atoms with van der Waals surface area (Å²) in [7, 11) is -3.43. The van der Waals surface area contributed by atoms with Crippen molar-refractivity contribution in [1.82, 2.24) is 13.1 Å². The Morgan fingerprint density at radius 2 is 0.897 bits per heavy atom. The second-order valence-electron chi connectivity index (χ2n) is 14.3. The molecule has 4 nitrogen and oxygen atoms in total. The largest absolute Gasteiger partial charge is 0.432 e. The number of fused-ring (bicyclic) bond motifs is 9. The van der Waals surface area contributed by atoms with E-state index in [1.807, 2.05) is 133 Å². The normalized spacial score (nSPS) is 14.4. The van der Waals surface area contributed by atoms with Crippen LogP contribution in [0.4, 0.5) is 26.3 Å². The van der Waals surface area contributed by atoms with Gasteiger partial charge in [-0.2, -0.15) is 26.3 Å². The van der Waals surface area contributed by atoms with E-state index in [0.717, 1.165) is 59.0 Å². The Hall–Kier alpha value is -6.72. The van der Waals surface area contributed by atoms with Crippen molar-refractivity contribution in [3.8, 4) is 22.8 Å². The Kier molecular flexibility index (Phi) is 7.23. The second kappa shape index (κ2) is 12.1. The number of pyridine rings is 1. The van der Waals surface area contributed by atoms with E-state index in [-0.39, 0.29) is 11.8 Å². The van der Waals surface area contributed by atoms with Crippen LogP contribution >= 0.6 is 10.4 Å². The molecule has 1 aliphatic rings. The van der Waals surface area contributed by atoms with Crippen molar-refractivity contribution < 1.29 is 30.3 Å². The summed E-state index contributed by atoms with van der Waals surface area (Å²) in [6.45, 7) is 0. The molecular formula is C47H29F6N4S+. The van der Waals surface area contributed by atoms with Gasteiger partial charge < -0.3 is 9.13 Å². The molecule has 4 aromatic heterocycles. The fourth-order valence-electron chi connectivity index (χ4n) is 8.90. The van der Waals surface area contributed by atoms with Gasteiger partial charge in [0.15, 0.2) is 6.20 Å². The molecule has 1 aliphatic heterocycles. The molecule has 0 bridgehead atoms. The van der Waals surface area contributed by atoms with Gasteiger partial charge in [-0.05, 0) is 84.9 Å². The molecule has 0 atom stereocenters. The zero-order valence-electron chi connectivity index (χ0n) is 30.2. The SMILES string of the molecule is FC(F)(F)c1cc(C(F)(F)F)n2c1-c1cccc[n+]1S2(c1ccc2c(c1)c1ccccc1n2-c1ccccc1)c1ccc2c(c1)c1ccccc1n2-c1ccccc1. The number of alkyl halides is 6.